The zero-order valence-electron chi connectivity index (χ0n) is 28.4. The van der Waals surface area contributed by atoms with Crippen LogP contribution in [0.4, 0.5) is 4.79 Å². The molecule has 0 aliphatic heterocycles. The molecule has 6 rings (SSSR count). The molecule has 0 spiro atoms. The molecule has 2 aliphatic rings. The molecule has 3 atom stereocenters. The number of aromatic hydroxyl groups is 1. The van der Waals surface area contributed by atoms with Gasteiger partial charge in [0, 0.05) is 34.8 Å². The first-order valence-electron chi connectivity index (χ1n) is 17.4. The van der Waals surface area contributed by atoms with E-state index >= 15 is 0 Å². The number of aromatic nitrogens is 5. The van der Waals surface area contributed by atoms with E-state index in [1.807, 2.05) is 36.0 Å². The van der Waals surface area contributed by atoms with Gasteiger partial charge in [0.1, 0.15) is 17.8 Å². The second-order valence-electron chi connectivity index (χ2n) is 13.7. The third-order valence-electron chi connectivity index (χ3n) is 10.3. The molecule has 1 saturated carbocycles. The standard InChI is InChI=1S/C39H46N6O3/c1-5-6-7-10-27-20-34(46)36(32-19-26(4)13-14-30(32)25(2)3)35(21-27)48-39(47)44-18-16-31-37(41-24-42-38(31)44)29-22-43-45(23-29)33(15-17-40)28-11-8-9-12-28/h16,18-24,28,30,32-33,46H,2,5-15H2,1,3-4H3/t30?,32?,33-/m1/s1. The number of carbonyl (C=O) groups excluding carboxylic acids is 1. The van der Waals surface area contributed by atoms with Crippen LogP contribution in [0.25, 0.3) is 22.3 Å². The van der Waals surface area contributed by atoms with Gasteiger partial charge in [-0.15, -0.1) is 0 Å². The Morgan fingerprint density at radius 3 is 2.77 bits per heavy atom. The molecule has 0 radical (unpaired) electrons. The Morgan fingerprint density at radius 2 is 2.02 bits per heavy atom. The van der Waals surface area contributed by atoms with Crippen LogP contribution in [0, 0.1) is 23.2 Å². The molecule has 48 heavy (non-hydrogen) atoms. The SMILES string of the molecule is C=C(C)C1CCC(C)=CC1c1c(O)cc(CCCCC)cc1OC(=O)n1ccc2c(-c3cnn([C@H](CC#N)C4CCCC4)c3)ncnc21. The summed E-state index contributed by atoms with van der Waals surface area (Å²) in [7, 11) is 0. The molecule has 0 bridgehead atoms. The van der Waals surface area contributed by atoms with Crippen LogP contribution < -0.4 is 4.74 Å². The molecule has 1 N–H and O–H groups in total. The van der Waals surface area contributed by atoms with Crippen LogP contribution in [0.2, 0.25) is 0 Å². The van der Waals surface area contributed by atoms with Gasteiger partial charge in [0.15, 0.2) is 5.65 Å². The second-order valence-corrected chi connectivity index (χ2v) is 13.7. The molecule has 3 heterocycles. The Hall–Kier alpha value is -4.71. The number of unbranched alkanes of at least 4 members (excludes halogenated alkanes) is 2. The lowest BCUT2D eigenvalue weighted by Gasteiger charge is -2.32. The van der Waals surface area contributed by atoms with Crippen molar-refractivity contribution in [1.82, 2.24) is 24.3 Å². The predicted molar refractivity (Wildman–Crippen MR) is 187 cm³/mol. The van der Waals surface area contributed by atoms with Crippen molar-refractivity contribution in [3.8, 4) is 28.8 Å². The Labute approximate surface area is 283 Å². The summed E-state index contributed by atoms with van der Waals surface area (Å²) in [5.74, 6) is 0.895. The minimum absolute atomic E-state index is 0.0266. The van der Waals surface area contributed by atoms with E-state index < -0.39 is 6.09 Å². The van der Waals surface area contributed by atoms with Crippen molar-refractivity contribution in [2.45, 2.75) is 103 Å². The van der Waals surface area contributed by atoms with Crippen LogP contribution in [0.15, 0.2) is 66.9 Å². The van der Waals surface area contributed by atoms with Crippen LogP contribution >= 0.6 is 0 Å². The number of hydrogen-bond acceptors (Lipinski definition) is 7. The number of aryl methyl sites for hydroxylation is 1. The van der Waals surface area contributed by atoms with Gasteiger partial charge in [0.05, 0.1) is 30.4 Å². The van der Waals surface area contributed by atoms with E-state index in [1.165, 1.54) is 29.3 Å². The van der Waals surface area contributed by atoms with Gasteiger partial charge >= 0.3 is 6.09 Å². The van der Waals surface area contributed by atoms with Gasteiger partial charge in [0.2, 0.25) is 0 Å². The molecular weight excluding hydrogens is 600 g/mol. The van der Waals surface area contributed by atoms with Crippen LogP contribution in [0.1, 0.15) is 108 Å². The first-order chi connectivity index (χ1) is 23.3. The van der Waals surface area contributed by atoms with Gasteiger partial charge in [-0.1, -0.05) is 56.4 Å². The van der Waals surface area contributed by atoms with Gasteiger partial charge in [-0.25, -0.2) is 19.3 Å². The van der Waals surface area contributed by atoms with E-state index in [9.17, 15) is 15.2 Å². The van der Waals surface area contributed by atoms with Gasteiger partial charge in [-0.05, 0) is 88.0 Å². The number of allylic oxidation sites excluding steroid dienone is 3. The normalized spacial score (nSPS) is 18.8. The van der Waals surface area contributed by atoms with Crippen LogP contribution in [0.5, 0.6) is 11.5 Å². The fourth-order valence-electron chi connectivity index (χ4n) is 7.74. The highest BCUT2D eigenvalue weighted by Crippen LogP contribution is 2.47. The average Bonchev–Trinajstić information content (AvgIpc) is 3.85. The number of phenols is 1. The third-order valence-corrected chi connectivity index (χ3v) is 10.3. The number of benzene rings is 1. The first kappa shape index (κ1) is 33.2. The third kappa shape index (κ3) is 6.80. The van der Waals surface area contributed by atoms with Gasteiger partial charge in [-0.2, -0.15) is 10.4 Å². The molecule has 2 unspecified atom stereocenters. The smallest absolute Gasteiger partial charge is 0.425 e. The Kier molecular flexibility index (Phi) is 10.1. The lowest BCUT2D eigenvalue weighted by atomic mass is 9.73. The van der Waals surface area contributed by atoms with Crippen molar-refractivity contribution < 1.29 is 14.6 Å². The maximum atomic E-state index is 14.0. The predicted octanol–water partition coefficient (Wildman–Crippen LogP) is 9.44. The zero-order chi connectivity index (χ0) is 33.8. The number of hydrogen-bond donors (Lipinski definition) is 1. The lowest BCUT2D eigenvalue weighted by Crippen LogP contribution is -2.21. The topological polar surface area (TPSA) is 119 Å². The van der Waals surface area contributed by atoms with Crippen molar-refractivity contribution in [1.29, 1.82) is 5.26 Å². The van der Waals surface area contributed by atoms with Crippen LogP contribution in [-0.2, 0) is 6.42 Å². The second kappa shape index (κ2) is 14.6. The van der Waals surface area contributed by atoms with E-state index in [4.69, 9.17) is 4.74 Å². The zero-order valence-corrected chi connectivity index (χ0v) is 28.4. The fraction of sp³-hybridized carbons (Fsp3) is 0.462. The number of nitrogens with zero attached hydrogens (tertiary/aromatic N) is 6. The quantitative estimate of drug-likeness (QED) is 0.127. The summed E-state index contributed by atoms with van der Waals surface area (Å²) in [6.07, 6.45) is 19.2. The van der Waals surface area contributed by atoms with E-state index in [-0.39, 0.29) is 23.6 Å². The number of phenolic OH excluding ortho intramolecular Hbond substituents is 1. The van der Waals surface area contributed by atoms with E-state index in [1.54, 1.807) is 12.4 Å². The Bertz CT molecular complexity index is 1870. The summed E-state index contributed by atoms with van der Waals surface area (Å²) >= 11 is 0. The fourth-order valence-corrected chi connectivity index (χ4v) is 7.74. The highest BCUT2D eigenvalue weighted by atomic mass is 16.6. The molecular formula is C39H46N6O3. The summed E-state index contributed by atoms with van der Waals surface area (Å²) in [5, 5.41) is 26.4. The Balaban J connectivity index is 1.34. The van der Waals surface area contributed by atoms with E-state index in [2.05, 4.69) is 47.6 Å². The molecule has 2 aliphatic carbocycles. The van der Waals surface area contributed by atoms with Crippen LogP contribution in [-0.4, -0.2) is 35.5 Å². The first-order valence-corrected chi connectivity index (χ1v) is 17.4. The largest absolute Gasteiger partial charge is 0.507 e. The minimum atomic E-state index is -0.615. The maximum absolute atomic E-state index is 14.0. The molecule has 4 aromatic rings. The summed E-state index contributed by atoms with van der Waals surface area (Å²) in [6.45, 7) is 10.6. The maximum Gasteiger partial charge on any atom is 0.425 e. The van der Waals surface area contributed by atoms with Gasteiger partial charge in [-0.3, -0.25) is 4.68 Å². The molecule has 250 valence electrons. The molecule has 9 heteroatoms. The molecule has 1 aromatic carbocycles. The van der Waals surface area contributed by atoms with E-state index in [0.717, 1.165) is 68.1 Å². The Morgan fingerprint density at radius 1 is 1.21 bits per heavy atom. The van der Waals surface area contributed by atoms with Crippen molar-refractivity contribution in [3.63, 3.8) is 0 Å². The average molecular weight is 647 g/mol. The number of fused-ring (bicyclic) bond motifs is 1. The van der Waals surface area contributed by atoms with E-state index in [0.29, 0.717) is 40.4 Å². The molecule has 9 nitrogen and oxygen atoms in total. The minimum Gasteiger partial charge on any atom is -0.507 e. The number of nitriles is 1. The highest BCUT2D eigenvalue weighted by Gasteiger charge is 2.32. The van der Waals surface area contributed by atoms with Gasteiger partial charge in [0.25, 0.3) is 0 Å². The summed E-state index contributed by atoms with van der Waals surface area (Å²) in [4.78, 5) is 23.0. The molecule has 1 fully saturated rings. The number of rotatable bonds is 11. The molecule has 3 aromatic heterocycles. The molecule has 0 amide bonds. The lowest BCUT2D eigenvalue weighted by molar-refractivity contribution is 0.202. The van der Waals surface area contributed by atoms with Crippen LogP contribution in [0.3, 0.4) is 0 Å². The molecule has 0 saturated heterocycles. The summed E-state index contributed by atoms with van der Waals surface area (Å²) in [5.41, 5.74) is 5.70. The summed E-state index contributed by atoms with van der Waals surface area (Å²) < 4.78 is 9.51. The van der Waals surface area contributed by atoms with Crippen molar-refractivity contribution in [3.05, 3.63) is 78.0 Å². The summed E-state index contributed by atoms with van der Waals surface area (Å²) in [6, 6.07) is 7.93. The number of carbonyl (C=O) groups is 1. The van der Waals surface area contributed by atoms with Crippen molar-refractivity contribution in [2.75, 3.05) is 0 Å². The van der Waals surface area contributed by atoms with Gasteiger partial charge < -0.3 is 9.84 Å². The monoisotopic (exact) mass is 646 g/mol. The van der Waals surface area contributed by atoms with Crippen molar-refractivity contribution in [2.24, 2.45) is 11.8 Å². The van der Waals surface area contributed by atoms with Crippen molar-refractivity contribution >= 4 is 17.1 Å². The highest BCUT2D eigenvalue weighted by molar-refractivity contribution is 5.95. The number of ether oxygens (including phenoxy) is 1.